The minimum Gasteiger partial charge on any atom is -1.00 e. The van der Waals surface area contributed by atoms with Crippen LogP contribution in [0.15, 0.2) is 182 Å². The van der Waals surface area contributed by atoms with E-state index in [1.165, 1.54) is 44.5 Å². The van der Waals surface area contributed by atoms with E-state index in [2.05, 4.69) is 250 Å². The second-order valence-electron chi connectivity index (χ2n) is 19.0. The molecule has 72 heavy (non-hydrogen) atoms. The molecule has 0 heterocycles. The molecule has 0 atom stereocenters. The Balaban J connectivity index is 0.000000228. The Labute approximate surface area is 476 Å². The maximum Gasteiger partial charge on any atom is -0.0253 e. The van der Waals surface area contributed by atoms with Crippen molar-refractivity contribution in [1.29, 1.82) is 0 Å². The van der Waals surface area contributed by atoms with Gasteiger partial charge >= 0.3 is 142 Å². The Kier molecular flexibility index (Phi) is 27.6. The molecular formula is C64H70Cl2N2Si2Zr2-2. The Morgan fingerprint density at radius 3 is 0.931 bits per heavy atom. The second kappa shape index (κ2) is 31.8. The molecule has 2 aliphatic rings. The fourth-order valence-electron chi connectivity index (χ4n) is 8.47. The minimum atomic E-state index is -0.122. The standard InChI is InChI=1S/2C13H9.2C12H18N.2C7H8Si.2ClH.2Zr/c2*1-3-7-12-10(5-1)9-11-6-2-4-8-13(11)12;2*1-8(2)10-6-5-7-11(9(3)4)12(10)13;2*1-8-7-5-3-2-4-6-7;;;;/h2*1-5,7-8H,9H2;2*5-9,13H,1-4H3;2*2-6H,1H3;2*1H;;/q4*-1;;;;;2*+2/p-2. The number of benzene rings is 8. The number of rotatable bonds is 6. The maximum absolute atomic E-state index is 8.01. The van der Waals surface area contributed by atoms with Crippen LogP contribution in [-0.4, -0.2) is 10.9 Å². The molecule has 2 N–H and O–H groups in total. The summed E-state index contributed by atoms with van der Waals surface area (Å²) in [5.74, 6) is 1.80. The predicted molar refractivity (Wildman–Crippen MR) is 300 cm³/mol. The molecule has 2 aliphatic carbocycles. The first-order valence-electron chi connectivity index (χ1n) is 24.6. The van der Waals surface area contributed by atoms with Gasteiger partial charge in [-0.15, -0.1) is 22.5 Å². The van der Waals surface area contributed by atoms with E-state index in [0.717, 1.165) is 46.5 Å². The molecule has 8 aromatic carbocycles. The Morgan fingerprint density at radius 1 is 0.375 bits per heavy atom. The molecule has 0 radical (unpaired) electrons. The van der Waals surface area contributed by atoms with E-state index in [4.69, 9.17) is 11.5 Å². The van der Waals surface area contributed by atoms with E-state index in [0.29, 0.717) is 23.7 Å². The average molecular weight is 1180 g/mol. The van der Waals surface area contributed by atoms with Gasteiger partial charge in [-0.2, -0.15) is 59.7 Å². The fourth-order valence-corrected chi connectivity index (χ4v) is 12.3. The predicted octanol–water partition coefficient (Wildman–Crippen LogP) is 11.5. The minimum absolute atomic E-state index is 0. The van der Waals surface area contributed by atoms with Crippen molar-refractivity contribution in [2.45, 2.75) is 105 Å². The van der Waals surface area contributed by atoms with Gasteiger partial charge in [0.15, 0.2) is 0 Å². The quantitative estimate of drug-likeness (QED) is 0.118. The Bertz CT molecular complexity index is 2600. The molecule has 8 aromatic rings. The van der Waals surface area contributed by atoms with E-state index in [-0.39, 0.29) is 35.7 Å². The van der Waals surface area contributed by atoms with Crippen LogP contribution in [0.1, 0.15) is 124 Å². The summed E-state index contributed by atoms with van der Waals surface area (Å²) in [4.78, 5) is 0. The molecule has 0 unspecified atom stereocenters. The smallest absolute Gasteiger partial charge is 0.0253 e. The first kappa shape index (κ1) is 62.4. The Morgan fingerprint density at radius 2 is 0.653 bits per heavy atom. The molecule has 0 spiro atoms. The molecule has 0 saturated carbocycles. The van der Waals surface area contributed by atoms with Gasteiger partial charge in [-0.3, -0.25) is 0 Å². The van der Waals surface area contributed by atoms with Gasteiger partial charge in [0.05, 0.1) is 0 Å². The van der Waals surface area contributed by atoms with Gasteiger partial charge in [-0.25, -0.2) is 0 Å². The topological polar surface area (TPSA) is 47.6 Å². The van der Waals surface area contributed by atoms with E-state index >= 15 is 0 Å². The first-order chi connectivity index (χ1) is 33.6. The van der Waals surface area contributed by atoms with Crippen LogP contribution < -0.4 is 35.2 Å². The van der Waals surface area contributed by atoms with Crippen molar-refractivity contribution < 1.29 is 71.5 Å². The zero-order chi connectivity index (χ0) is 50.7. The van der Waals surface area contributed by atoms with Crippen molar-refractivity contribution in [1.82, 2.24) is 0 Å². The third-order valence-electron chi connectivity index (χ3n) is 12.4. The molecule has 0 saturated heterocycles. The van der Waals surface area contributed by atoms with Crippen LogP contribution in [0.25, 0.3) is 33.7 Å². The van der Waals surface area contributed by atoms with Gasteiger partial charge in [-0.1, -0.05) is 185 Å². The van der Waals surface area contributed by atoms with Crippen molar-refractivity contribution in [3.05, 3.63) is 250 Å². The first-order valence-corrected chi connectivity index (χ1v) is 36.0. The summed E-state index contributed by atoms with van der Waals surface area (Å²) in [6, 6.07) is 70.1. The average Bonchev–Trinajstić information content (AvgIpc) is 3.94. The zero-order valence-electron chi connectivity index (χ0n) is 43.8. The molecule has 0 amide bonds. The fraction of sp³-hybridized carbons (Fsp3) is 0.250. The zero-order valence-corrected chi connectivity index (χ0v) is 52.2. The van der Waals surface area contributed by atoms with Gasteiger partial charge in [0.1, 0.15) is 0 Å². The monoisotopic (exact) mass is 1170 g/mol. The van der Waals surface area contributed by atoms with Crippen molar-refractivity contribution >= 4 is 32.6 Å². The van der Waals surface area contributed by atoms with Crippen LogP contribution >= 0.6 is 0 Å². The van der Waals surface area contributed by atoms with Crippen LogP contribution in [0.2, 0.25) is 13.1 Å². The summed E-state index contributed by atoms with van der Waals surface area (Å²) in [5, 5.41) is 3.11. The summed E-state index contributed by atoms with van der Waals surface area (Å²) >= 11 is 3.38. The van der Waals surface area contributed by atoms with Crippen LogP contribution in [-0.2, 0) is 59.5 Å². The van der Waals surface area contributed by atoms with Crippen LogP contribution in [0.3, 0.4) is 0 Å². The summed E-state index contributed by atoms with van der Waals surface area (Å²) < 4.78 is 0. The third kappa shape index (κ3) is 18.2. The van der Waals surface area contributed by atoms with Gasteiger partial charge < -0.3 is 36.3 Å². The number of hydrogen-bond acceptors (Lipinski definition) is 0. The SMILES string of the molecule is CC(C)c1cccc(C(C)C)c1[NH-].CC(C)c1cccc(C(C)C)c1[NH-].C[Si](=[Zr+2])c1ccccc1.C[Si](=[Zr+2])c1ccccc1.[Cl-].[Cl-].[c-]1cccc2c1Cc1ccccc1-2.[c-]1cccc2c1Cc1ccccc1-2. The van der Waals surface area contributed by atoms with Gasteiger partial charge in [0.2, 0.25) is 0 Å². The number of fused-ring (bicyclic) bond motifs is 6. The molecule has 10 rings (SSSR count). The third-order valence-corrected chi connectivity index (χ3v) is 19.0. The molecule has 0 aliphatic heterocycles. The molecule has 0 aromatic heterocycles. The second-order valence-corrected chi connectivity index (χ2v) is 33.7. The number of nitrogens with one attached hydrogen (secondary N) is 2. The van der Waals surface area contributed by atoms with E-state index in [9.17, 15) is 0 Å². The summed E-state index contributed by atoms with van der Waals surface area (Å²) in [6.07, 6.45) is 2.10. The number of halogens is 2. The molecule has 0 fully saturated rings. The number of hydrogen-bond donors (Lipinski definition) is 0. The summed E-state index contributed by atoms with van der Waals surface area (Å²) in [7, 11) is 0. The summed E-state index contributed by atoms with van der Waals surface area (Å²) in [6.45, 7) is 21.8. The molecular weight excluding hydrogens is 1110 g/mol. The molecule has 368 valence electrons. The van der Waals surface area contributed by atoms with Gasteiger partial charge in [0, 0.05) is 0 Å². The maximum atomic E-state index is 8.01. The normalized spacial score (nSPS) is 10.8. The van der Waals surface area contributed by atoms with Crippen LogP contribution in [0, 0.1) is 12.1 Å². The molecule has 2 nitrogen and oxygen atoms in total. The van der Waals surface area contributed by atoms with E-state index < -0.39 is 0 Å². The van der Waals surface area contributed by atoms with Gasteiger partial charge in [0.25, 0.3) is 0 Å². The molecule has 8 heteroatoms. The largest absolute Gasteiger partial charge is 1.00 e. The van der Waals surface area contributed by atoms with Crippen molar-refractivity contribution in [3.63, 3.8) is 0 Å². The van der Waals surface area contributed by atoms with Gasteiger partial charge in [-0.05, 0) is 36.5 Å². The van der Waals surface area contributed by atoms with Crippen LogP contribution in [0.5, 0.6) is 0 Å². The van der Waals surface area contributed by atoms with Crippen LogP contribution in [0.4, 0.5) is 11.4 Å². The molecule has 0 bridgehead atoms. The summed E-state index contributed by atoms with van der Waals surface area (Å²) in [5.41, 5.74) is 32.9. The van der Waals surface area contributed by atoms with Crippen molar-refractivity contribution in [2.75, 3.05) is 0 Å². The van der Waals surface area contributed by atoms with E-state index in [1.807, 2.05) is 12.1 Å². The van der Waals surface area contributed by atoms with E-state index in [1.54, 1.807) is 57.0 Å². The van der Waals surface area contributed by atoms with Crippen molar-refractivity contribution in [3.8, 4) is 22.3 Å². The Hall–Kier alpha value is -3.86. The van der Waals surface area contributed by atoms with Crippen molar-refractivity contribution in [2.24, 2.45) is 0 Å².